The maximum absolute atomic E-state index is 11.9. The van der Waals surface area contributed by atoms with E-state index in [1.807, 2.05) is 38.1 Å². The minimum atomic E-state index is -1.01. The van der Waals surface area contributed by atoms with Crippen molar-refractivity contribution >= 4 is 22.8 Å². The molecule has 0 radical (unpaired) electrons. The lowest BCUT2D eigenvalue weighted by atomic mass is 10.0. The second kappa shape index (κ2) is 7.11. The highest BCUT2D eigenvalue weighted by atomic mass is 16.4. The zero-order chi connectivity index (χ0) is 16.1. The predicted molar refractivity (Wildman–Crippen MR) is 85.6 cm³/mol. The molecular formula is C17H22N2O3. The van der Waals surface area contributed by atoms with Crippen molar-refractivity contribution in [3.63, 3.8) is 0 Å². The largest absolute Gasteiger partial charge is 0.480 e. The Balaban J connectivity index is 2.06. The summed E-state index contributed by atoms with van der Waals surface area (Å²) in [6.45, 7) is 4.07. The molecule has 0 bridgehead atoms. The Morgan fingerprint density at radius 2 is 2.00 bits per heavy atom. The Labute approximate surface area is 129 Å². The molecule has 22 heavy (non-hydrogen) atoms. The summed E-state index contributed by atoms with van der Waals surface area (Å²) in [6, 6.07) is 6.82. The number of fused-ring (bicyclic) bond motifs is 1. The quantitative estimate of drug-likeness (QED) is 0.735. The third kappa shape index (κ3) is 4.10. The van der Waals surface area contributed by atoms with E-state index in [-0.39, 0.29) is 12.3 Å². The molecule has 5 nitrogen and oxygen atoms in total. The first kappa shape index (κ1) is 16.1. The number of carboxylic acids is 1. The first-order valence-electron chi connectivity index (χ1n) is 7.54. The molecule has 3 N–H and O–H groups in total. The number of carbonyl (C=O) groups is 2. The van der Waals surface area contributed by atoms with Gasteiger partial charge in [0.15, 0.2) is 0 Å². The van der Waals surface area contributed by atoms with Crippen LogP contribution in [0.15, 0.2) is 30.5 Å². The smallest absolute Gasteiger partial charge is 0.326 e. The van der Waals surface area contributed by atoms with Gasteiger partial charge in [-0.15, -0.1) is 0 Å². The normalized spacial score (nSPS) is 12.5. The van der Waals surface area contributed by atoms with Gasteiger partial charge in [-0.1, -0.05) is 32.0 Å². The van der Waals surface area contributed by atoms with Crippen molar-refractivity contribution in [2.75, 3.05) is 0 Å². The summed E-state index contributed by atoms with van der Waals surface area (Å²) < 4.78 is 0. The van der Waals surface area contributed by atoms with Gasteiger partial charge in [-0.25, -0.2) is 4.79 Å². The monoisotopic (exact) mass is 302 g/mol. The molecule has 0 unspecified atom stereocenters. The number of amides is 1. The molecule has 0 aliphatic rings. The van der Waals surface area contributed by atoms with Crippen molar-refractivity contribution in [2.45, 2.75) is 39.2 Å². The number of hydrogen-bond donors (Lipinski definition) is 3. The van der Waals surface area contributed by atoms with Crippen LogP contribution in [0.1, 0.15) is 32.3 Å². The zero-order valence-corrected chi connectivity index (χ0v) is 12.9. The van der Waals surface area contributed by atoms with Crippen LogP contribution in [0.5, 0.6) is 0 Å². The van der Waals surface area contributed by atoms with E-state index in [2.05, 4.69) is 10.3 Å². The first-order chi connectivity index (χ1) is 10.5. The summed E-state index contributed by atoms with van der Waals surface area (Å²) in [5.41, 5.74) is 1.86. The average molecular weight is 302 g/mol. The molecule has 5 heteroatoms. The first-order valence-corrected chi connectivity index (χ1v) is 7.54. The number of carbonyl (C=O) groups excluding carboxylic acids is 1. The standard InChI is InChI=1S/C17H22N2O3/c1-11(2)7-8-16(20)19-15(17(21)22)9-12-10-18-14-6-4-3-5-13(12)14/h3-6,10-11,15,18H,7-9H2,1-2H3,(H,19,20)(H,21,22)/t15-/m0/s1. The van der Waals surface area contributed by atoms with Crippen molar-refractivity contribution in [3.05, 3.63) is 36.0 Å². The number of rotatable bonds is 7. The molecule has 0 aliphatic heterocycles. The number of aliphatic carboxylic acids is 1. The van der Waals surface area contributed by atoms with Crippen molar-refractivity contribution in [1.82, 2.24) is 10.3 Å². The van der Waals surface area contributed by atoms with Crippen LogP contribution in [0.4, 0.5) is 0 Å². The van der Waals surface area contributed by atoms with Crippen LogP contribution < -0.4 is 5.32 Å². The summed E-state index contributed by atoms with van der Waals surface area (Å²) in [5.74, 6) is -0.799. The zero-order valence-electron chi connectivity index (χ0n) is 12.9. The molecule has 1 heterocycles. The van der Waals surface area contributed by atoms with Crippen molar-refractivity contribution in [2.24, 2.45) is 5.92 Å². The number of para-hydroxylation sites is 1. The van der Waals surface area contributed by atoms with E-state index in [0.717, 1.165) is 22.9 Å². The third-order valence-corrected chi connectivity index (χ3v) is 3.68. The van der Waals surface area contributed by atoms with E-state index in [1.165, 1.54) is 0 Å². The molecule has 1 amide bonds. The number of hydrogen-bond acceptors (Lipinski definition) is 2. The molecule has 0 saturated heterocycles. The summed E-state index contributed by atoms with van der Waals surface area (Å²) in [6.07, 6.45) is 3.19. The number of carboxylic acid groups (broad SMARTS) is 1. The lowest BCUT2D eigenvalue weighted by Gasteiger charge is -2.14. The third-order valence-electron chi connectivity index (χ3n) is 3.68. The van der Waals surface area contributed by atoms with Gasteiger partial charge in [-0.3, -0.25) is 4.79 Å². The molecule has 0 aliphatic carbocycles. The summed E-state index contributed by atoms with van der Waals surface area (Å²) >= 11 is 0. The fourth-order valence-corrected chi connectivity index (χ4v) is 2.41. The lowest BCUT2D eigenvalue weighted by Crippen LogP contribution is -2.42. The highest BCUT2D eigenvalue weighted by Crippen LogP contribution is 2.19. The van der Waals surface area contributed by atoms with Crippen LogP contribution >= 0.6 is 0 Å². The van der Waals surface area contributed by atoms with E-state index in [9.17, 15) is 14.7 Å². The Morgan fingerprint density at radius 3 is 2.68 bits per heavy atom. The van der Waals surface area contributed by atoms with Gasteiger partial charge in [-0.05, 0) is 24.0 Å². The molecule has 1 aromatic heterocycles. The van der Waals surface area contributed by atoms with Gasteiger partial charge < -0.3 is 15.4 Å². The number of aromatic amines is 1. The van der Waals surface area contributed by atoms with Crippen LogP contribution in [0.25, 0.3) is 10.9 Å². The molecule has 0 saturated carbocycles. The van der Waals surface area contributed by atoms with E-state index in [1.54, 1.807) is 6.20 Å². The highest BCUT2D eigenvalue weighted by molar-refractivity contribution is 5.86. The van der Waals surface area contributed by atoms with Crippen LogP contribution in [0.3, 0.4) is 0 Å². The van der Waals surface area contributed by atoms with Gasteiger partial charge in [0.2, 0.25) is 5.91 Å². The molecule has 2 rings (SSSR count). The summed E-state index contributed by atoms with van der Waals surface area (Å²) in [7, 11) is 0. The minimum Gasteiger partial charge on any atom is -0.480 e. The predicted octanol–water partition coefficient (Wildman–Crippen LogP) is 2.72. The molecule has 1 atom stereocenters. The average Bonchev–Trinajstić information content (AvgIpc) is 2.87. The van der Waals surface area contributed by atoms with Crippen LogP contribution in [-0.4, -0.2) is 28.0 Å². The maximum atomic E-state index is 11.9. The Morgan fingerprint density at radius 1 is 1.27 bits per heavy atom. The SMILES string of the molecule is CC(C)CCC(=O)N[C@@H](Cc1c[nH]c2ccccc12)C(=O)O. The van der Waals surface area contributed by atoms with Gasteiger partial charge >= 0.3 is 5.97 Å². The summed E-state index contributed by atoms with van der Waals surface area (Å²) in [4.78, 5) is 26.4. The van der Waals surface area contributed by atoms with E-state index < -0.39 is 12.0 Å². The van der Waals surface area contributed by atoms with Gasteiger partial charge in [0.05, 0.1) is 0 Å². The van der Waals surface area contributed by atoms with Crippen LogP contribution in [0, 0.1) is 5.92 Å². The topological polar surface area (TPSA) is 82.2 Å². The van der Waals surface area contributed by atoms with Crippen LogP contribution in [0.2, 0.25) is 0 Å². The number of benzene rings is 1. The molecule has 2 aromatic rings. The van der Waals surface area contributed by atoms with Gasteiger partial charge in [0, 0.05) is 29.9 Å². The van der Waals surface area contributed by atoms with Gasteiger partial charge in [-0.2, -0.15) is 0 Å². The second-order valence-corrected chi connectivity index (χ2v) is 5.95. The molecule has 0 spiro atoms. The number of H-pyrrole nitrogens is 1. The molecule has 118 valence electrons. The lowest BCUT2D eigenvalue weighted by molar-refractivity contribution is -0.141. The Kier molecular flexibility index (Phi) is 5.20. The van der Waals surface area contributed by atoms with Crippen molar-refractivity contribution in [1.29, 1.82) is 0 Å². The maximum Gasteiger partial charge on any atom is 0.326 e. The molecular weight excluding hydrogens is 280 g/mol. The van der Waals surface area contributed by atoms with Crippen molar-refractivity contribution in [3.8, 4) is 0 Å². The highest BCUT2D eigenvalue weighted by Gasteiger charge is 2.21. The Bertz CT molecular complexity index is 661. The van der Waals surface area contributed by atoms with E-state index in [0.29, 0.717) is 12.3 Å². The molecule has 1 aromatic carbocycles. The van der Waals surface area contributed by atoms with Gasteiger partial charge in [0.1, 0.15) is 6.04 Å². The summed E-state index contributed by atoms with van der Waals surface area (Å²) in [5, 5.41) is 13.0. The van der Waals surface area contributed by atoms with Crippen molar-refractivity contribution < 1.29 is 14.7 Å². The molecule has 0 fully saturated rings. The van der Waals surface area contributed by atoms with Crippen LogP contribution in [-0.2, 0) is 16.0 Å². The fraction of sp³-hybridized carbons (Fsp3) is 0.412. The Hall–Kier alpha value is -2.30. The second-order valence-electron chi connectivity index (χ2n) is 5.95. The minimum absolute atomic E-state index is 0.207. The van der Waals surface area contributed by atoms with Gasteiger partial charge in [0.25, 0.3) is 0 Å². The number of aromatic nitrogens is 1. The number of nitrogens with one attached hydrogen (secondary N) is 2. The van der Waals surface area contributed by atoms with E-state index >= 15 is 0 Å². The fourth-order valence-electron chi connectivity index (χ4n) is 2.41. The van der Waals surface area contributed by atoms with E-state index in [4.69, 9.17) is 0 Å².